The molecule has 0 radical (unpaired) electrons. The normalized spacial score (nSPS) is 12.5. The maximum Gasteiger partial charge on any atom is 0.220 e. The number of hydrogen-bond donors (Lipinski definition) is 2. The van der Waals surface area contributed by atoms with Gasteiger partial charge in [-0.25, -0.2) is 0 Å². The highest BCUT2D eigenvalue weighted by Gasteiger charge is 2.26. The molecule has 1 amide bonds. The zero-order chi connectivity index (χ0) is 21.0. The molecule has 0 atom stereocenters. The molecule has 0 bridgehead atoms. The summed E-state index contributed by atoms with van der Waals surface area (Å²) in [5.74, 6) is 0.483. The zero-order valence-electron chi connectivity index (χ0n) is 19.4. The molecule has 28 heavy (non-hydrogen) atoms. The quantitative estimate of drug-likeness (QED) is 0.604. The van der Waals surface area contributed by atoms with Gasteiger partial charge in [0.15, 0.2) is 0 Å². The molecule has 162 valence electrons. The predicted octanol–water partition coefficient (Wildman–Crippen LogP) is 1.14. The number of aromatic hydroxyl groups is 1. The molecule has 0 aliphatic carbocycles. The number of nitrogens with zero attached hydrogens (tertiary/aromatic N) is 1. The SMILES string of the molecule is CC[N+](C)(C)CCNC(=O)CCc1cc(C(C)(C)C)c(O)c(C(C)(C)C)c1.[Br-]. The Morgan fingerprint density at radius 2 is 1.50 bits per heavy atom. The molecule has 4 nitrogen and oxygen atoms in total. The molecule has 0 fully saturated rings. The first-order valence-electron chi connectivity index (χ1n) is 10.1. The monoisotopic (exact) mass is 456 g/mol. The third-order valence-corrected chi connectivity index (χ3v) is 5.32. The van der Waals surface area contributed by atoms with Crippen LogP contribution in [0.25, 0.3) is 0 Å². The maximum atomic E-state index is 12.3. The van der Waals surface area contributed by atoms with Crippen LogP contribution in [0.2, 0.25) is 0 Å². The van der Waals surface area contributed by atoms with Gasteiger partial charge in [0.2, 0.25) is 5.91 Å². The average molecular weight is 457 g/mol. The van der Waals surface area contributed by atoms with Crippen molar-refractivity contribution in [3.8, 4) is 5.75 Å². The summed E-state index contributed by atoms with van der Waals surface area (Å²) in [6.45, 7) is 17.5. The number of hydrogen-bond acceptors (Lipinski definition) is 2. The number of phenolic OH excluding ortho intramolecular Hbond substituents is 1. The number of carbonyl (C=O) groups excluding carboxylic acids is 1. The van der Waals surface area contributed by atoms with Crippen LogP contribution in [0.1, 0.15) is 71.6 Å². The fourth-order valence-corrected chi connectivity index (χ4v) is 2.98. The Morgan fingerprint density at radius 3 is 1.89 bits per heavy atom. The first kappa shape index (κ1) is 26.9. The number of carbonyl (C=O) groups is 1. The maximum absolute atomic E-state index is 12.3. The molecule has 5 heteroatoms. The van der Waals surface area contributed by atoms with E-state index in [9.17, 15) is 9.90 Å². The summed E-state index contributed by atoms with van der Waals surface area (Å²) in [6.07, 6.45) is 1.15. The number of halogens is 1. The lowest BCUT2D eigenvalue weighted by Crippen LogP contribution is -3.00. The third-order valence-electron chi connectivity index (χ3n) is 5.32. The number of aryl methyl sites for hydroxylation is 1. The van der Waals surface area contributed by atoms with Crippen molar-refractivity contribution in [2.24, 2.45) is 0 Å². The van der Waals surface area contributed by atoms with Crippen LogP contribution in [0.3, 0.4) is 0 Å². The zero-order valence-corrected chi connectivity index (χ0v) is 21.0. The topological polar surface area (TPSA) is 49.3 Å². The third kappa shape index (κ3) is 8.12. The number of rotatable bonds is 7. The van der Waals surface area contributed by atoms with Gasteiger partial charge in [0.25, 0.3) is 0 Å². The van der Waals surface area contributed by atoms with Gasteiger partial charge in [0.05, 0.1) is 33.7 Å². The highest BCUT2D eigenvalue weighted by molar-refractivity contribution is 5.76. The molecule has 0 aliphatic heterocycles. The van der Waals surface area contributed by atoms with Crippen molar-refractivity contribution in [3.63, 3.8) is 0 Å². The molecule has 0 unspecified atom stereocenters. The lowest BCUT2D eigenvalue weighted by Gasteiger charge is -2.28. The number of quaternary nitrogens is 1. The Kier molecular flexibility index (Phi) is 9.72. The molecule has 2 N–H and O–H groups in total. The molecule has 1 rings (SSSR count). The minimum atomic E-state index is -0.147. The second-order valence-corrected chi connectivity index (χ2v) is 10.4. The number of nitrogens with one attached hydrogen (secondary N) is 1. The minimum Gasteiger partial charge on any atom is -1.00 e. The van der Waals surface area contributed by atoms with Gasteiger partial charge in [-0.05, 0) is 40.9 Å². The molecule has 0 aromatic heterocycles. The Morgan fingerprint density at radius 1 is 1.04 bits per heavy atom. The first-order chi connectivity index (χ1) is 12.2. The van der Waals surface area contributed by atoms with E-state index >= 15 is 0 Å². The second-order valence-electron chi connectivity index (χ2n) is 10.4. The summed E-state index contributed by atoms with van der Waals surface area (Å²) in [7, 11) is 4.34. The van der Waals surface area contributed by atoms with Crippen molar-refractivity contribution in [3.05, 3.63) is 28.8 Å². The van der Waals surface area contributed by atoms with E-state index in [1.54, 1.807) is 0 Å². The van der Waals surface area contributed by atoms with Crippen LogP contribution in [0.15, 0.2) is 12.1 Å². The second kappa shape index (κ2) is 10.1. The summed E-state index contributed by atoms with van der Waals surface area (Å²) < 4.78 is 0.905. The van der Waals surface area contributed by atoms with Crippen LogP contribution in [0.4, 0.5) is 0 Å². The van der Waals surface area contributed by atoms with Crippen molar-refractivity contribution >= 4 is 5.91 Å². The van der Waals surface area contributed by atoms with Crippen molar-refractivity contribution < 1.29 is 31.4 Å². The molecule has 1 aromatic rings. The van der Waals surface area contributed by atoms with Crippen LogP contribution >= 0.6 is 0 Å². The highest BCUT2D eigenvalue weighted by Crippen LogP contribution is 2.39. The van der Waals surface area contributed by atoms with Crippen molar-refractivity contribution in [1.82, 2.24) is 5.32 Å². The molecule has 0 saturated heterocycles. The Bertz CT molecular complexity index is 621. The Labute approximate surface area is 183 Å². The number of likely N-dealkylation sites (N-methyl/N-ethyl adjacent to an activating group) is 1. The van der Waals surface area contributed by atoms with E-state index in [0.29, 0.717) is 25.1 Å². The fourth-order valence-electron chi connectivity index (χ4n) is 2.98. The van der Waals surface area contributed by atoms with Crippen LogP contribution in [0.5, 0.6) is 5.75 Å². The molecule has 0 heterocycles. The molecule has 0 saturated carbocycles. The number of phenols is 1. The summed E-state index contributed by atoms with van der Waals surface area (Å²) in [6, 6.07) is 4.13. The smallest absolute Gasteiger partial charge is 0.220 e. The van der Waals surface area contributed by atoms with E-state index in [4.69, 9.17) is 0 Å². The highest BCUT2D eigenvalue weighted by atomic mass is 79.9. The van der Waals surface area contributed by atoms with E-state index in [1.807, 2.05) is 0 Å². The van der Waals surface area contributed by atoms with Gasteiger partial charge < -0.3 is 31.9 Å². The summed E-state index contributed by atoms with van der Waals surface area (Å²) in [5, 5.41) is 13.8. The average Bonchev–Trinajstić information content (AvgIpc) is 2.51. The number of amides is 1. The van der Waals surface area contributed by atoms with Gasteiger partial charge in [-0.1, -0.05) is 53.7 Å². The van der Waals surface area contributed by atoms with E-state index in [0.717, 1.165) is 34.3 Å². The fraction of sp³-hybridized carbons (Fsp3) is 0.696. The molecule has 0 spiro atoms. The molecular weight excluding hydrogens is 416 g/mol. The van der Waals surface area contributed by atoms with Crippen molar-refractivity contribution in [2.75, 3.05) is 33.7 Å². The van der Waals surface area contributed by atoms with Crippen LogP contribution in [-0.4, -0.2) is 49.2 Å². The lowest BCUT2D eigenvalue weighted by molar-refractivity contribution is -0.887. The van der Waals surface area contributed by atoms with Crippen molar-refractivity contribution in [2.45, 2.75) is 72.1 Å². The van der Waals surface area contributed by atoms with Crippen LogP contribution in [-0.2, 0) is 22.0 Å². The summed E-state index contributed by atoms with van der Waals surface area (Å²) >= 11 is 0. The van der Waals surface area contributed by atoms with E-state index < -0.39 is 0 Å². The van der Waals surface area contributed by atoms with Gasteiger partial charge in [-0.15, -0.1) is 0 Å². The van der Waals surface area contributed by atoms with E-state index in [-0.39, 0.29) is 33.7 Å². The lowest BCUT2D eigenvalue weighted by atomic mass is 9.78. The Balaban J connectivity index is 0.00000729. The molecular formula is C23H41BrN2O2. The van der Waals surface area contributed by atoms with Gasteiger partial charge >= 0.3 is 0 Å². The van der Waals surface area contributed by atoms with Crippen LogP contribution < -0.4 is 22.3 Å². The van der Waals surface area contributed by atoms with Gasteiger partial charge in [0, 0.05) is 6.42 Å². The standard InChI is InChI=1S/C23H40N2O2.BrH/c1-10-25(8,9)14-13-24-20(26)12-11-17-15-18(22(2,3)4)21(27)19(16-17)23(5,6)7;/h15-16H,10-14H2,1-9H3,(H-,24,26,27);1H. The van der Waals surface area contributed by atoms with E-state index in [1.165, 1.54) is 0 Å². The van der Waals surface area contributed by atoms with Gasteiger partial charge in [0.1, 0.15) is 5.75 Å². The molecule has 1 aromatic carbocycles. The van der Waals surface area contributed by atoms with Crippen molar-refractivity contribution in [1.29, 1.82) is 0 Å². The van der Waals surface area contributed by atoms with Gasteiger partial charge in [-0.2, -0.15) is 0 Å². The minimum absolute atomic E-state index is 0. The van der Waals surface area contributed by atoms with Gasteiger partial charge in [-0.3, -0.25) is 4.79 Å². The van der Waals surface area contributed by atoms with E-state index in [2.05, 4.69) is 80.0 Å². The number of benzene rings is 1. The van der Waals surface area contributed by atoms with Crippen LogP contribution in [0, 0.1) is 0 Å². The Hall–Kier alpha value is -1.07. The predicted molar refractivity (Wildman–Crippen MR) is 114 cm³/mol. The largest absolute Gasteiger partial charge is 1.00 e. The summed E-state index contributed by atoms with van der Waals surface area (Å²) in [5.41, 5.74) is 2.72. The molecule has 0 aliphatic rings. The first-order valence-corrected chi connectivity index (χ1v) is 10.1. The summed E-state index contributed by atoms with van der Waals surface area (Å²) in [4.78, 5) is 12.3.